The first-order chi connectivity index (χ1) is 13.1. The van der Waals surface area contributed by atoms with Crippen molar-refractivity contribution in [2.24, 2.45) is 0 Å². The third kappa shape index (κ3) is 4.29. The predicted octanol–water partition coefficient (Wildman–Crippen LogP) is 4.78. The van der Waals surface area contributed by atoms with Crippen LogP contribution in [0.2, 0.25) is 5.02 Å². The fraction of sp³-hybridized carbons (Fsp3) is 0.0588. The molecule has 11 heteroatoms. The van der Waals surface area contributed by atoms with E-state index in [1.54, 1.807) is 4.98 Å². The lowest BCUT2D eigenvalue weighted by Gasteiger charge is -2.05. The molecule has 1 aromatic carbocycles. The Morgan fingerprint density at radius 3 is 2.61 bits per heavy atom. The quantitative estimate of drug-likeness (QED) is 0.491. The van der Waals surface area contributed by atoms with E-state index in [0.717, 1.165) is 0 Å². The van der Waals surface area contributed by atoms with Crippen LogP contribution in [-0.4, -0.2) is 14.9 Å². The number of nitrogens with one attached hydrogen (secondary N) is 1. The number of H-pyrrole nitrogens is 1. The lowest BCUT2D eigenvalue weighted by molar-refractivity contribution is -0.384. The van der Waals surface area contributed by atoms with E-state index in [-0.39, 0.29) is 33.5 Å². The van der Waals surface area contributed by atoms with Gasteiger partial charge < -0.3 is 9.40 Å². The van der Waals surface area contributed by atoms with Gasteiger partial charge in [-0.1, -0.05) is 11.6 Å². The number of aromatic nitrogens is 2. The summed E-state index contributed by atoms with van der Waals surface area (Å²) in [7, 11) is 0. The summed E-state index contributed by atoms with van der Waals surface area (Å²) in [6.45, 7) is 0. The number of alkyl halides is 3. The van der Waals surface area contributed by atoms with Crippen LogP contribution in [0, 0.1) is 10.1 Å². The fourth-order valence-corrected chi connectivity index (χ4v) is 2.50. The van der Waals surface area contributed by atoms with Crippen molar-refractivity contribution in [3.8, 4) is 11.3 Å². The van der Waals surface area contributed by atoms with Gasteiger partial charge in [0.15, 0.2) is 0 Å². The summed E-state index contributed by atoms with van der Waals surface area (Å²) in [4.78, 5) is 26.6. The monoisotopic (exact) mass is 411 g/mol. The Bertz CT molecular complexity index is 1140. The van der Waals surface area contributed by atoms with Crippen LogP contribution in [0.25, 0.3) is 23.5 Å². The molecule has 28 heavy (non-hydrogen) atoms. The maximum Gasteiger partial charge on any atom is 0.431 e. The number of furan rings is 1. The van der Waals surface area contributed by atoms with Crippen LogP contribution in [-0.2, 0) is 6.18 Å². The van der Waals surface area contributed by atoms with Crippen molar-refractivity contribution in [3.05, 3.63) is 79.2 Å². The number of non-ortho nitro benzene ring substituents is 1. The van der Waals surface area contributed by atoms with Crippen molar-refractivity contribution in [2.45, 2.75) is 6.18 Å². The Labute approximate surface area is 159 Å². The maximum atomic E-state index is 12.7. The average molecular weight is 412 g/mol. The predicted molar refractivity (Wildman–Crippen MR) is 94.6 cm³/mol. The Hall–Kier alpha value is -3.40. The molecule has 7 nitrogen and oxygen atoms in total. The number of nitrogens with zero attached hydrogens (tertiary/aromatic N) is 2. The zero-order valence-corrected chi connectivity index (χ0v) is 14.4. The van der Waals surface area contributed by atoms with E-state index in [1.165, 1.54) is 42.5 Å². The second-order valence-corrected chi connectivity index (χ2v) is 5.89. The summed E-state index contributed by atoms with van der Waals surface area (Å²) >= 11 is 6.04. The summed E-state index contributed by atoms with van der Waals surface area (Å²) in [5.74, 6) is 0.441. The smallest absolute Gasteiger partial charge is 0.431 e. The number of aromatic amines is 1. The van der Waals surface area contributed by atoms with Gasteiger partial charge in [-0.3, -0.25) is 10.1 Å². The second kappa shape index (κ2) is 7.31. The highest BCUT2D eigenvalue weighted by atomic mass is 35.5. The number of hydrogen-bond acceptors (Lipinski definition) is 5. The highest BCUT2D eigenvalue weighted by molar-refractivity contribution is 6.33. The molecular weight excluding hydrogens is 403 g/mol. The molecule has 2 heterocycles. The van der Waals surface area contributed by atoms with Gasteiger partial charge in [-0.05, 0) is 36.4 Å². The van der Waals surface area contributed by atoms with Crippen molar-refractivity contribution in [3.63, 3.8) is 0 Å². The lowest BCUT2D eigenvalue weighted by Crippen LogP contribution is -2.19. The average Bonchev–Trinajstić information content (AvgIpc) is 3.07. The van der Waals surface area contributed by atoms with Gasteiger partial charge in [-0.2, -0.15) is 18.2 Å². The summed E-state index contributed by atoms with van der Waals surface area (Å²) in [5.41, 5.74) is -2.49. The van der Waals surface area contributed by atoms with Gasteiger partial charge in [0.05, 0.1) is 15.6 Å². The van der Waals surface area contributed by atoms with Gasteiger partial charge in [0, 0.05) is 17.7 Å². The third-order valence-electron chi connectivity index (χ3n) is 3.54. The van der Waals surface area contributed by atoms with E-state index in [4.69, 9.17) is 16.0 Å². The molecular formula is C17H9ClF3N3O4. The standard InChI is InChI=1S/C17H9ClF3N3O4/c18-13-5-2-10(24(26)27)8-12(13)14-6-4-11(28-14)3-1-9-7-15(17(19,20)21)23-16(25)22-9/h1-8H,(H,22,23,25). The van der Waals surface area contributed by atoms with Crippen molar-refractivity contribution in [1.82, 2.24) is 9.97 Å². The number of benzene rings is 1. The Morgan fingerprint density at radius 2 is 1.93 bits per heavy atom. The molecule has 0 amide bonds. The molecule has 0 radical (unpaired) electrons. The molecule has 0 atom stereocenters. The normalized spacial score (nSPS) is 11.9. The SMILES string of the molecule is O=c1nc(C=Cc2ccc(-c3cc([N+](=O)[O-])ccc3Cl)o2)cc(C(F)(F)F)[nH]1. The first-order valence-corrected chi connectivity index (χ1v) is 7.92. The molecule has 2 aromatic heterocycles. The molecule has 0 bridgehead atoms. The molecule has 3 aromatic rings. The minimum absolute atomic E-state index is 0.180. The first-order valence-electron chi connectivity index (χ1n) is 7.54. The molecule has 144 valence electrons. The van der Waals surface area contributed by atoms with Gasteiger partial charge >= 0.3 is 11.9 Å². The maximum absolute atomic E-state index is 12.7. The Kier molecular flexibility index (Phi) is 5.06. The molecule has 0 spiro atoms. The highest BCUT2D eigenvalue weighted by Crippen LogP contribution is 2.33. The van der Waals surface area contributed by atoms with Gasteiger partial charge in [-0.15, -0.1) is 0 Å². The Morgan fingerprint density at radius 1 is 1.18 bits per heavy atom. The van der Waals surface area contributed by atoms with Crippen LogP contribution in [0.1, 0.15) is 17.1 Å². The van der Waals surface area contributed by atoms with Crippen LogP contribution in [0.15, 0.2) is 45.6 Å². The topological polar surface area (TPSA) is 102 Å². The van der Waals surface area contributed by atoms with E-state index in [2.05, 4.69) is 4.98 Å². The molecule has 0 fully saturated rings. The van der Waals surface area contributed by atoms with Crippen LogP contribution in [0.5, 0.6) is 0 Å². The third-order valence-corrected chi connectivity index (χ3v) is 3.87. The van der Waals surface area contributed by atoms with Crippen molar-refractivity contribution < 1.29 is 22.5 Å². The van der Waals surface area contributed by atoms with E-state index >= 15 is 0 Å². The van der Waals surface area contributed by atoms with Crippen LogP contribution < -0.4 is 5.69 Å². The minimum Gasteiger partial charge on any atom is -0.457 e. The molecule has 1 N–H and O–H groups in total. The molecule has 0 unspecified atom stereocenters. The molecule has 0 saturated carbocycles. The van der Waals surface area contributed by atoms with E-state index in [0.29, 0.717) is 6.07 Å². The number of hydrogen-bond donors (Lipinski definition) is 1. The summed E-state index contributed by atoms with van der Waals surface area (Å²) < 4.78 is 43.7. The van der Waals surface area contributed by atoms with E-state index < -0.39 is 22.5 Å². The molecule has 3 rings (SSSR count). The number of nitro benzene ring substituents is 1. The molecule has 0 aliphatic rings. The zero-order chi connectivity index (χ0) is 20.5. The van der Waals surface area contributed by atoms with Crippen LogP contribution in [0.3, 0.4) is 0 Å². The number of nitro groups is 1. The number of halogens is 4. The largest absolute Gasteiger partial charge is 0.457 e. The van der Waals surface area contributed by atoms with Crippen molar-refractivity contribution >= 4 is 29.4 Å². The van der Waals surface area contributed by atoms with Crippen molar-refractivity contribution in [1.29, 1.82) is 0 Å². The first kappa shape index (κ1) is 19.4. The van der Waals surface area contributed by atoms with Gasteiger partial charge in [0.1, 0.15) is 17.2 Å². The van der Waals surface area contributed by atoms with Gasteiger partial charge in [-0.25, -0.2) is 4.79 Å². The highest BCUT2D eigenvalue weighted by Gasteiger charge is 2.32. The fourth-order valence-electron chi connectivity index (χ4n) is 2.29. The zero-order valence-electron chi connectivity index (χ0n) is 13.7. The summed E-state index contributed by atoms with van der Waals surface area (Å²) in [6.07, 6.45) is -2.25. The molecule has 0 aliphatic heterocycles. The van der Waals surface area contributed by atoms with E-state index in [1.807, 2.05) is 0 Å². The Balaban J connectivity index is 1.90. The van der Waals surface area contributed by atoms with E-state index in [9.17, 15) is 28.1 Å². The van der Waals surface area contributed by atoms with Gasteiger partial charge in [0.2, 0.25) is 0 Å². The molecule has 0 aliphatic carbocycles. The van der Waals surface area contributed by atoms with Crippen LogP contribution >= 0.6 is 11.6 Å². The summed E-state index contributed by atoms with van der Waals surface area (Å²) in [5, 5.41) is 11.1. The molecule has 0 saturated heterocycles. The van der Waals surface area contributed by atoms with Gasteiger partial charge in [0.25, 0.3) is 5.69 Å². The number of rotatable bonds is 4. The second-order valence-electron chi connectivity index (χ2n) is 5.48. The minimum atomic E-state index is -4.72. The van der Waals surface area contributed by atoms with Crippen molar-refractivity contribution in [2.75, 3.05) is 0 Å². The van der Waals surface area contributed by atoms with Crippen LogP contribution in [0.4, 0.5) is 18.9 Å². The summed E-state index contributed by atoms with van der Waals surface area (Å²) in [6, 6.07) is 7.50. The lowest BCUT2D eigenvalue weighted by atomic mass is 10.1.